The Hall–Kier alpha value is -0.700. The van der Waals surface area contributed by atoms with Crippen LogP contribution in [-0.2, 0) is 19.7 Å². The molecule has 0 aromatic heterocycles. The minimum absolute atomic E-state index is 0.214. The molecule has 2 unspecified atom stereocenters. The van der Waals surface area contributed by atoms with E-state index in [4.69, 9.17) is 9.84 Å². The van der Waals surface area contributed by atoms with Crippen LogP contribution in [0.15, 0.2) is 0 Å². The maximum absolute atomic E-state index is 12.2. The molecular weight excluding hydrogens is 284 g/mol. The molecular formula is C12H24N2O5S. The highest BCUT2D eigenvalue weighted by molar-refractivity contribution is 7.87. The molecule has 118 valence electrons. The molecule has 20 heavy (non-hydrogen) atoms. The van der Waals surface area contributed by atoms with Crippen LogP contribution in [0.25, 0.3) is 0 Å². The summed E-state index contributed by atoms with van der Waals surface area (Å²) in [5.74, 6) is -0.855. The first-order valence-electron chi connectivity index (χ1n) is 6.86. The molecule has 2 atom stereocenters. The van der Waals surface area contributed by atoms with Crippen LogP contribution in [0.1, 0.15) is 32.6 Å². The summed E-state index contributed by atoms with van der Waals surface area (Å²) < 4.78 is 32.9. The minimum atomic E-state index is -3.74. The first-order valence-corrected chi connectivity index (χ1v) is 8.30. The summed E-state index contributed by atoms with van der Waals surface area (Å²) in [4.78, 5) is 11.1. The van der Waals surface area contributed by atoms with Crippen LogP contribution in [0.3, 0.4) is 0 Å². The summed E-state index contributed by atoms with van der Waals surface area (Å²) in [5, 5.41) is 9.10. The Morgan fingerprint density at radius 2 is 2.25 bits per heavy atom. The zero-order valence-electron chi connectivity index (χ0n) is 12.0. The molecule has 0 spiro atoms. The summed E-state index contributed by atoms with van der Waals surface area (Å²) in [6.45, 7) is 3.30. The van der Waals surface area contributed by atoms with E-state index in [2.05, 4.69) is 4.72 Å². The van der Waals surface area contributed by atoms with Gasteiger partial charge in [-0.15, -0.1) is 0 Å². The van der Waals surface area contributed by atoms with Crippen molar-refractivity contribution >= 4 is 16.2 Å². The highest BCUT2D eigenvalue weighted by Crippen LogP contribution is 2.18. The van der Waals surface area contributed by atoms with Crippen LogP contribution in [0.2, 0.25) is 0 Å². The first kappa shape index (κ1) is 17.4. The second kappa shape index (κ2) is 7.92. The normalized spacial score (nSPS) is 22.6. The fourth-order valence-electron chi connectivity index (χ4n) is 2.28. The smallest absolute Gasteiger partial charge is 0.321 e. The van der Waals surface area contributed by atoms with Gasteiger partial charge in [0.05, 0.1) is 0 Å². The van der Waals surface area contributed by atoms with Crippen LogP contribution in [-0.4, -0.2) is 56.6 Å². The molecule has 0 aromatic rings. The van der Waals surface area contributed by atoms with Gasteiger partial charge in [-0.25, -0.2) is 0 Å². The van der Waals surface area contributed by atoms with E-state index in [1.165, 1.54) is 11.4 Å². The van der Waals surface area contributed by atoms with Gasteiger partial charge in [-0.3, -0.25) is 4.79 Å². The van der Waals surface area contributed by atoms with Crippen LogP contribution in [0.5, 0.6) is 0 Å². The van der Waals surface area contributed by atoms with E-state index in [-0.39, 0.29) is 6.42 Å². The van der Waals surface area contributed by atoms with Gasteiger partial charge in [0, 0.05) is 26.8 Å². The Bertz CT molecular complexity index is 412. The van der Waals surface area contributed by atoms with Crippen molar-refractivity contribution in [3.63, 3.8) is 0 Å². The lowest BCUT2D eigenvalue weighted by molar-refractivity contribution is -0.139. The molecule has 1 aliphatic heterocycles. The summed E-state index contributed by atoms with van der Waals surface area (Å²) in [6, 6.07) is -1.10. The van der Waals surface area contributed by atoms with E-state index in [1.807, 2.05) is 6.92 Å². The van der Waals surface area contributed by atoms with Crippen LogP contribution < -0.4 is 4.72 Å². The van der Waals surface area contributed by atoms with Gasteiger partial charge in [0.25, 0.3) is 10.2 Å². The highest BCUT2D eigenvalue weighted by atomic mass is 32.2. The molecule has 1 aliphatic rings. The molecule has 7 nitrogen and oxygen atoms in total. The summed E-state index contributed by atoms with van der Waals surface area (Å²) in [6.07, 6.45) is 2.52. The predicted molar refractivity (Wildman–Crippen MR) is 74.6 cm³/mol. The Labute approximate surface area is 120 Å². The van der Waals surface area contributed by atoms with Gasteiger partial charge in [-0.05, 0) is 31.6 Å². The quantitative estimate of drug-likeness (QED) is 0.634. The van der Waals surface area contributed by atoms with Gasteiger partial charge in [-0.2, -0.15) is 17.4 Å². The first-order chi connectivity index (χ1) is 9.36. The van der Waals surface area contributed by atoms with E-state index >= 15 is 0 Å². The number of hydrogen-bond acceptors (Lipinski definition) is 4. The summed E-state index contributed by atoms with van der Waals surface area (Å²) >= 11 is 0. The fraction of sp³-hybridized carbons (Fsp3) is 0.917. The van der Waals surface area contributed by atoms with Gasteiger partial charge in [0.2, 0.25) is 0 Å². The zero-order chi connectivity index (χ0) is 15.2. The van der Waals surface area contributed by atoms with E-state index < -0.39 is 22.2 Å². The third-order valence-electron chi connectivity index (χ3n) is 3.39. The average molecular weight is 308 g/mol. The van der Waals surface area contributed by atoms with Crippen molar-refractivity contribution in [3.05, 3.63) is 0 Å². The van der Waals surface area contributed by atoms with Crippen molar-refractivity contribution in [2.24, 2.45) is 5.92 Å². The molecule has 8 heteroatoms. The molecule has 0 radical (unpaired) electrons. The Kier molecular flexibility index (Phi) is 6.87. The second-order valence-electron chi connectivity index (χ2n) is 5.25. The number of methoxy groups -OCH3 is 1. The number of aliphatic carboxylic acids is 1. The lowest BCUT2D eigenvalue weighted by Gasteiger charge is -2.31. The lowest BCUT2D eigenvalue weighted by atomic mass is 10.0. The maximum Gasteiger partial charge on any atom is 0.321 e. The van der Waals surface area contributed by atoms with E-state index in [1.54, 1.807) is 0 Å². The number of nitrogens with zero attached hydrogens (tertiary/aromatic N) is 1. The number of carbonyl (C=O) groups is 1. The monoisotopic (exact) mass is 308 g/mol. The molecule has 1 heterocycles. The Morgan fingerprint density at radius 1 is 1.55 bits per heavy atom. The number of hydrogen-bond donors (Lipinski definition) is 2. The minimum Gasteiger partial charge on any atom is -0.480 e. The van der Waals surface area contributed by atoms with Crippen LogP contribution in [0.4, 0.5) is 0 Å². The lowest BCUT2D eigenvalue weighted by Crippen LogP contribution is -2.50. The van der Waals surface area contributed by atoms with Gasteiger partial charge in [0.1, 0.15) is 6.04 Å². The van der Waals surface area contributed by atoms with Gasteiger partial charge >= 0.3 is 5.97 Å². The van der Waals surface area contributed by atoms with E-state index in [9.17, 15) is 13.2 Å². The molecule has 0 aliphatic carbocycles. The number of piperidine rings is 1. The molecule has 0 amide bonds. The Morgan fingerprint density at radius 3 is 2.80 bits per heavy atom. The van der Waals surface area contributed by atoms with Crippen molar-refractivity contribution in [2.45, 2.75) is 38.6 Å². The molecule has 2 N–H and O–H groups in total. The summed E-state index contributed by atoms with van der Waals surface area (Å²) in [7, 11) is -2.21. The fourth-order valence-corrected chi connectivity index (χ4v) is 3.83. The predicted octanol–water partition coefficient (Wildman–Crippen LogP) is 0.433. The third kappa shape index (κ3) is 5.35. The number of carboxylic acids is 1. The second-order valence-corrected chi connectivity index (χ2v) is 6.96. The molecule has 1 fully saturated rings. The number of nitrogens with one attached hydrogen (secondary N) is 1. The van der Waals surface area contributed by atoms with E-state index in [0.29, 0.717) is 32.0 Å². The van der Waals surface area contributed by atoms with Gasteiger partial charge in [-0.1, -0.05) is 6.92 Å². The van der Waals surface area contributed by atoms with E-state index in [0.717, 1.165) is 12.8 Å². The number of ether oxygens (including phenoxy) is 1. The molecule has 0 aromatic carbocycles. The molecule has 0 saturated carbocycles. The molecule has 0 bridgehead atoms. The summed E-state index contributed by atoms with van der Waals surface area (Å²) in [5.41, 5.74) is 0. The van der Waals surface area contributed by atoms with Crippen LogP contribution >= 0.6 is 0 Å². The number of carboxylic acid groups (broad SMARTS) is 1. The Balaban J connectivity index is 2.63. The van der Waals surface area contributed by atoms with Crippen molar-refractivity contribution in [3.8, 4) is 0 Å². The van der Waals surface area contributed by atoms with Gasteiger partial charge in [0.15, 0.2) is 0 Å². The van der Waals surface area contributed by atoms with Crippen molar-refractivity contribution < 1.29 is 23.1 Å². The molecule has 1 saturated heterocycles. The standard InChI is InChI=1S/C12H24N2O5S/c1-10-5-3-7-14(9-10)20(17,18)13-11(12(15)16)6-4-8-19-2/h10-11,13H,3-9H2,1-2H3,(H,15,16). The van der Waals surface area contributed by atoms with Crippen molar-refractivity contribution in [1.29, 1.82) is 0 Å². The van der Waals surface area contributed by atoms with Crippen molar-refractivity contribution in [2.75, 3.05) is 26.8 Å². The third-order valence-corrected chi connectivity index (χ3v) is 4.98. The number of rotatable bonds is 8. The zero-order valence-corrected chi connectivity index (χ0v) is 12.9. The largest absolute Gasteiger partial charge is 0.480 e. The van der Waals surface area contributed by atoms with Gasteiger partial charge < -0.3 is 9.84 Å². The SMILES string of the molecule is COCCCC(NS(=O)(=O)N1CCCC(C)C1)C(=O)O. The van der Waals surface area contributed by atoms with Crippen molar-refractivity contribution in [1.82, 2.24) is 9.03 Å². The molecule has 1 rings (SSSR count). The van der Waals surface area contributed by atoms with Crippen LogP contribution in [0, 0.1) is 5.92 Å². The topological polar surface area (TPSA) is 95.9 Å². The maximum atomic E-state index is 12.2. The average Bonchev–Trinajstić information content (AvgIpc) is 2.37. The highest BCUT2D eigenvalue weighted by Gasteiger charge is 2.31.